The number of anilines is 2. The summed E-state index contributed by atoms with van der Waals surface area (Å²) in [5, 5.41) is 2.80. The Bertz CT molecular complexity index is 936. The van der Waals surface area contributed by atoms with Gasteiger partial charge in [-0.3, -0.25) is 9.59 Å². The van der Waals surface area contributed by atoms with Crippen molar-refractivity contribution in [1.29, 1.82) is 0 Å². The van der Waals surface area contributed by atoms with Crippen LogP contribution in [-0.4, -0.2) is 31.6 Å². The van der Waals surface area contributed by atoms with Crippen LogP contribution in [0.2, 0.25) is 0 Å². The molecule has 0 spiro atoms. The molecule has 0 atom stereocenters. The maximum absolute atomic E-state index is 12.3. The van der Waals surface area contributed by atoms with Crippen LogP contribution < -0.4 is 19.7 Å². The highest BCUT2D eigenvalue weighted by Crippen LogP contribution is 2.34. The number of fused-ring (bicyclic) bond motifs is 1. The molecule has 2 aromatic rings. The summed E-state index contributed by atoms with van der Waals surface area (Å²) in [5.41, 5.74) is 4.25. The number of hydrogen-bond donors (Lipinski definition) is 1. The molecule has 0 radical (unpaired) electrons. The van der Waals surface area contributed by atoms with E-state index in [2.05, 4.69) is 11.9 Å². The first-order valence-corrected chi connectivity index (χ1v) is 9.05. The number of rotatable bonds is 6. The van der Waals surface area contributed by atoms with Crippen molar-refractivity contribution in [3.63, 3.8) is 0 Å². The third kappa shape index (κ3) is 4.34. The highest BCUT2D eigenvalue weighted by atomic mass is 16.5. The standard InChI is InChI=1S/C22H24N2O4/c1-14(2)11-24-18-9-8-17(10-20(18)28-13-22(24)26)23-21(25)12-27-19-7-5-6-15(3)16(19)4/h5-10H,1,11-13H2,2-4H3,(H,23,25). The van der Waals surface area contributed by atoms with Crippen molar-refractivity contribution < 1.29 is 19.1 Å². The summed E-state index contributed by atoms with van der Waals surface area (Å²) in [4.78, 5) is 26.0. The number of nitrogens with one attached hydrogen (secondary N) is 1. The first-order chi connectivity index (χ1) is 13.3. The van der Waals surface area contributed by atoms with Gasteiger partial charge in [0.15, 0.2) is 13.2 Å². The van der Waals surface area contributed by atoms with Gasteiger partial charge in [-0.05, 0) is 50.1 Å². The summed E-state index contributed by atoms with van der Waals surface area (Å²) in [6.45, 7) is 10.00. The van der Waals surface area contributed by atoms with Gasteiger partial charge in [0, 0.05) is 18.3 Å². The number of carbonyl (C=O) groups excluding carboxylic acids is 2. The van der Waals surface area contributed by atoms with E-state index in [0.29, 0.717) is 29.4 Å². The average molecular weight is 380 g/mol. The minimum absolute atomic E-state index is 0.0343. The van der Waals surface area contributed by atoms with Gasteiger partial charge in [-0.25, -0.2) is 0 Å². The Kier molecular flexibility index (Phi) is 5.68. The number of aryl methyl sites for hydroxylation is 1. The van der Waals surface area contributed by atoms with Gasteiger partial charge in [-0.1, -0.05) is 24.3 Å². The molecule has 0 saturated heterocycles. The van der Waals surface area contributed by atoms with Crippen molar-refractivity contribution in [3.05, 3.63) is 59.7 Å². The topological polar surface area (TPSA) is 67.9 Å². The summed E-state index contributed by atoms with van der Waals surface area (Å²) in [7, 11) is 0. The molecule has 3 rings (SSSR count). The molecule has 2 aromatic carbocycles. The second-order valence-corrected chi connectivity index (χ2v) is 6.94. The number of amides is 2. The van der Waals surface area contributed by atoms with E-state index >= 15 is 0 Å². The van der Waals surface area contributed by atoms with Crippen LogP contribution in [-0.2, 0) is 9.59 Å². The first kappa shape index (κ1) is 19.5. The molecular formula is C22H24N2O4. The van der Waals surface area contributed by atoms with Gasteiger partial charge < -0.3 is 19.7 Å². The smallest absolute Gasteiger partial charge is 0.265 e. The zero-order valence-electron chi connectivity index (χ0n) is 16.4. The molecule has 2 amide bonds. The molecule has 0 fully saturated rings. The molecule has 0 bridgehead atoms. The predicted molar refractivity (Wildman–Crippen MR) is 109 cm³/mol. The Morgan fingerprint density at radius 2 is 2.07 bits per heavy atom. The van der Waals surface area contributed by atoms with E-state index in [0.717, 1.165) is 16.7 Å². The lowest BCUT2D eigenvalue weighted by molar-refractivity contribution is -0.121. The minimum atomic E-state index is -0.272. The predicted octanol–water partition coefficient (Wildman–Crippen LogP) is 3.62. The summed E-state index contributed by atoms with van der Waals surface area (Å²) in [6, 6.07) is 10.9. The Morgan fingerprint density at radius 1 is 1.29 bits per heavy atom. The van der Waals surface area contributed by atoms with Gasteiger partial charge in [-0.15, -0.1) is 0 Å². The zero-order chi connectivity index (χ0) is 20.3. The average Bonchev–Trinajstić information content (AvgIpc) is 2.65. The number of ether oxygens (including phenoxy) is 2. The maximum Gasteiger partial charge on any atom is 0.265 e. The van der Waals surface area contributed by atoms with Crippen LogP contribution in [0.25, 0.3) is 0 Å². The second kappa shape index (κ2) is 8.17. The van der Waals surface area contributed by atoms with Gasteiger partial charge in [0.05, 0.1) is 5.69 Å². The lowest BCUT2D eigenvalue weighted by atomic mass is 10.1. The third-order valence-electron chi connectivity index (χ3n) is 4.53. The van der Waals surface area contributed by atoms with E-state index < -0.39 is 0 Å². The fraction of sp³-hybridized carbons (Fsp3) is 0.273. The summed E-state index contributed by atoms with van der Waals surface area (Å²) in [6.07, 6.45) is 0. The van der Waals surface area contributed by atoms with E-state index in [9.17, 15) is 9.59 Å². The Balaban J connectivity index is 1.66. The quantitative estimate of drug-likeness (QED) is 0.777. The van der Waals surface area contributed by atoms with Crippen LogP contribution in [0.5, 0.6) is 11.5 Å². The second-order valence-electron chi connectivity index (χ2n) is 6.94. The molecule has 146 valence electrons. The molecule has 0 aliphatic carbocycles. The molecule has 1 N–H and O–H groups in total. The highest BCUT2D eigenvalue weighted by molar-refractivity contribution is 5.99. The normalized spacial score (nSPS) is 12.8. The fourth-order valence-electron chi connectivity index (χ4n) is 2.95. The summed E-state index contributed by atoms with van der Waals surface area (Å²) < 4.78 is 11.2. The first-order valence-electron chi connectivity index (χ1n) is 9.05. The van der Waals surface area contributed by atoms with E-state index in [1.165, 1.54) is 0 Å². The van der Waals surface area contributed by atoms with Gasteiger partial charge >= 0.3 is 0 Å². The Labute approximate surface area is 164 Å². The van der Waals surface area contributed by atoms with E-state index in [4.69, 9.17) is 9.47 Å². The molecule has 28 heavy (non-hydrogen) atoms. The van der Waals surface area contributed by atoms with Crippen molar-refractivity contribution in [3.8, 4) is 11.5 Å². The van der Waals surface area contributed by atoms with Crippen LogP contribution in [0.3, 0.4) is 0 Å². The Hall–Kier alpha value is -3.28. The highest BCUT2D eigenvalue weighted by Gasteiger charge is 2.25. The third-order valence-corrected chi connectivity index (χ3v) is 4.53. The van der Waals surface area contributed by atoms with Crippen LogP contribution >= 0.6 is 0 Å². The monoisotopic (exact) mass is 380 g/mol. The number of nitrogens with zero attached hydrogens (tertiary/aromatic N) is 1. The largest absolute Gasteiger partial charge is 0.483 e. The lowest BCUT2D eigenvalue weighted by Crippen LogP contribution is -2.39. The molecule has 0 aromatic heterocycles. The number of benzene rings is 2. The van der Waals surface area contributed by atoms with E-state index in [1.807, 2.05) is 39.0 Å². The maximum atomic E-state index is 12.3. The molecule has 0 saturated carbocycles. The van der Waals surface area contributed by atoms with Crippen molar-refractivity contribution in [2.24, 2.45) is 0 Å². The van der Waals surface area contributed by atoms with Gasteiger partial charge in [0.2, 0.25) is 0 Å². The zero-order valence-corrected chi connectivity index (χ0v) is 16.4. The molecular weight excluding hydrogens is 356 g/mol. The number of hydrogen-bond acceptors (Lipinski definition) is 4. The molecule has 6 nitrogen and oxygen atoms in total. The van der Waals surface area contributed by atoms with Crippen molar-refractivity contribution in [2.75, 3.05) is 30.0 Å². The SMILES string of the molecule is C=C(C)CN1C(=O)COc2cc(NC(=O)COc3cccc(C)c3C)ccc21. The molecule has 6 heteroatoms. The van der Waals surface area contributed by atoms with Crippen molar-refractivity contribution in [1.82, 2.24) is 0 Å². The van der Waals surface area contributed by atoms with Crippen LogP contribution in [0.4, 0.5) is 11.4 Å². The van der Waals surface area contributed by atoms with Gasteiger partial charge in [0.25, 0.3) is 11.8 Å². The summed E-state index contributed by atoms with van der Waals surface area (Å²) in [5.74, 6) is 0.854. The number of carbonyl (C=O) groups is 2. The van der Waals surface area contributed by atoms with Gasteiger partial charge in [0.1, 0.15) is 11.5 Å². The van der Waals surface area contributed by atoms with Crippen LogP contribution in [0.1, 0.15) is 18.1 Å². The van der Waals surface area contributed by atoms with Crippen LogP contribution in [0, 0.1) is 13.8 Å². The molecule has 1 aliphatic rings. The minimum Gasteiger partial charge on any atom is -0.483 e. The van der Waals surface area contributed by atoms with Crippen molar-refractivity contribution in [2.45, 2.75) is 20.8 Å². The van der Waals surface area contributed by atoms with E-state index in [1.54, 1.807) is 23.1 Å². The van der Waals surface area contributed by atoms with E-state index in [-0.39, 0.29) is 25.0 Å². The fourth-order valence-corrected chi connectivity index (χ4v) is 2.95. The van der Waals surface area contributed by atoms with Gasteiger partial charge in [-0.2, -0.15) is 0 Å². The van der Waals surface area contributed by atoms with Crippen LogP contribution in [0.15, 0.2) is 48.6 Å². The molecule has 0 unspecified atom stereocenters. The summed E-state index contributed by atoms with van der Waals surface area (Å²) >= 11 is 0. The molecule has 1 heterocycles. The lowest BCUT2D eigenvalue weighted by Gasteiger charge is -2.29. The van der Waals surface area contributed by atoms with Crippen molar-refractivity contribution >= 4 is 23.2 Å². The Morgan fingerprint density at radius 3 is 2.82 bits per heavy atom. The molecule has 1 aliphatic heterocycles.